The van der Waals surface area contributed by atoms with Gasteiger partial charge in [0.25, 0.3) is 0 Å². The highest BCUT2D eigenvalue weighted by Gasteiger charge is 2.44. The van der Waals surface area contributed by atoms with Gasteiger partial charge in [0.1, 0.15) is 0 Å². The number of pyridine rings is 2. The molecule has 8 rings (SSSR count). The standard InChI is InChI=1S/C40H31N3Si/c1-5-13-30(14-6-1)31-21-23-35(24-22-31)44(33-17-9-3-10-18-33,34-19-11-4-12-20-34)40-27-39-37(29-42-40)36-28-41-26-25-38(36)43(39)32-15-7-2-8-16-32/h1-11,13-19,21-29H,12,20H2. The van der Waals surface area contributed by atoms with Crippen LogP contribution in [0.25, 0.3) is 38.6 Å². The summed E-state index contributed by atoms with van der Waals surface area (Å²) < 4.78 is 2.37. The molecule has 0 radical (unpaired) electrons. The lowest BCUT2D eigenvalue weighted by molar-refractivity contribution is 1.01. The van der Waals surface area contributed by atoms with Crippen LogP contribution in [-0.4, -0.2) is 22.6 Å². The number of hydrogen-bond acceptors (Lipinski definition) is 2. The first kappa shape index (κ1) is 26.3. The maximum absolute atomic E-state index is 5.40. The first-order valence-corrected chi connectivity index (χ1v) is 17.2. The summed E-state index contributed by atoms with van der Waals surface area (Å²) >= 11 is 0. The number of allylic oxidation sites excluding steroid dienone is 4. The first-order chi connectivity index (χ1) is 21.8. The summed E-state index contributed by atoms with van der Waals surface area (Å²) in [4.78, 5) is 9.89. The lowest BCUT2D eigenvalue weighted by Crippen LogP contribution is -2.69. The van der Waals surface area contributed by atoms with Crippen molar-refractivity contribution < 1.29 is 0 Å². The summed E-state index contributed by atoms with van der Waals surface area (Å²) in [6.07, 6.45) is 14.9. The van der Waals surface area contributed by atoms with Crippen molar-refractivity contribution in [3.63, 3.8) is 0 Å². The largest absolute Gasteiger partial charge is 0.309 e. The van der Waals surface area contributed by atoms with Gasteiger partial charge in [-0.1, -0.05) is 127 Å². The summed E-state index contributed by atoms with van der Waals surface area (Å²) in [5, 5.41) is 7.57. The van der Waals surface area contributed by atoms with Gasteiger partial charge in [0.15, 0.2) is 8.07 Å². The van der Waals surface area contributed by atoms with Crippen molar-refractivity contribution in [2.75, 3.05) is 0 Å². The van der Waals surface area contributed by atoms with Gasteiger partial charge in [0.05, 0.1) is 11.0 Å². The molecule has 4 heteroatoms. The zero-order chi connectivity index (χ0) is 29.3. The lowest BCUT2D eigenvalue weighted by Gasteiger charge is -2.36. The highest BCUT2D eigenvalue weighted by Crippen LogP contribution is 2.32. The normalized spacial score (nSPS) is 14.4. The van der Waals surface area contributed by atoms with Crippen molar-refractivity contribution in [2.24, 2.45) is 0 Å². The molecule has 1 atom stereocenters. The molecule has 0 fully saturated rings. The van der Waals surface area contributed by atoms with Gasteiger partial charge in [-0.05, 0) is 58.6 Å². The number of aromatic nitrogens is 3. The molecule has 0 saturated heterocycles. The molecular weight excluding hydrogens is 551 g/mol. The van der Waals surface area contributed by atoms with E-state index in [4.69, 9.17) is 4.98 Å². The molecule has 0 bridgehead atoms. The fourth-order valence-electron chi connectivity index (χ4n) is 6.96. The Kier molecular flexibility index (Phi) is 6.62. The molecule has 3 nitrogen and oxygen atoms in total. The fourth-order valence-corrected chi connectivity index (χ4v) is 11.8. The van der Waals surface area contributed by atoms with Crippen molar-refractivity contribution in [1.29, 1.82) is 0 Å². The molecule has 0 spiro atoms. The molecule has 0 aliphatic heterocycles. The number of rotatable bonds is 6. The summed E-state index contributed by atoms with van der Waals surface area (Å²) in [6, 6.07) is 46.2. The molecule has 7 aromatic rings. The van der Waals surface area contributed by atoms with Crippen molar-refractivity contribution in [2.45, 2.75) is 12.8 Å². The van der Waals surface area contributed by atoms with Gasteiger partial charge >= 0.3 is 0 Å². The van der Waals surface area contributed by atoms with Crippen LogP contribution in [0.3, 0.4) is 0 Å². The van der Waals surface area contributed by atoms with Gasteiger partial charge in [-0.15, -0.1) is 0 Å². The molecule has 0 amide bonds. The van der Waals surface area contributed by atoms with Crippen molar-refractivity contribution in [3.05, 3.63) is 169 Å². The Morgan fingerprint density at radius 3 is 2.00 bits per heavy atom. The predicted octanol–water partition coefficient (Wildman–Crippen LogP) is 7.53. The second-order valence-corrected chi connectivity index (χ2v) is 15.2. The molecule has 44 heavy (non-hydrogen) atoms. The van der Waals surface area contributed by atoms with E-state index >= 15 is 0 Å². The van der Waals surface area contributed by atoms with Crippen molar-refractivity contribution in [3.8, 4) is 16.8 Å². The number of hydrogen-bond donors (Lipinski definition) is 0. The molecule has 1 unspecified atom stereocenters. The molecule has 0 N–H and O–H groups in total. The summed E-state index contributed by atoms with van der Waals surface area (Å²) in [5.74, 6) is 0. The maximum Gasteiger partial charge on any atom is 0.198 e. The Hall–Kier alpha value is -5.32. The van der Waals surface area contributed by atoms with E-state index in [1.165, 1.54) is 26.7 Å². The van der Waals surface area contributed by atoms with E-state index in [0.29, 0.717) is 0 Å². The third-order valence-corrected chi connectivity index (χ3v) is 13.8. The van der Waals surface area contributed by atoms with Crippen LogP contribution in [-0.2, 0) is 0 Å². The molecule has 4 aromatic carbocycles. The van der Waals surface area contributed by atoms with Gasteiger partial charge < -0.3 is 4.57 Å². The number of fused-ring (bicyclic) bond motifs is 3. The second-order valence-electron chi connectivity index (χ2n) is 11.4. The minimum Gasteiger partial charge on any atom is -0.309 e. The molecule has 1 aliphatic carbocycles. The van der Waals surface area contributed by atoms with Crippen LogP contribution in [0.1, 0.15) is 12.8 Å². The van der Waals surface area contributed by atoms with Gasteiger partial charge in [0, 0.05) is 40.4 Å². The molecule has 210 valence electrons. The van der Waals surface area contributed by atoms with Crippen LogP contribution in [0.15, 0.2) is 169 Å². The predicted molar refractivity (Wildman–Crippen MR) is 186 cm³/mol. The monoisotopic (exact) mass is 581 g/mol. The highest BCUT2D eigenvalue weighted by molar-refractivity contribution is 7.15. The van der Waals surface area contributed by atoms with E-state index in [1.807, 2.05) is 12.4 Å². The van der Waals surface area contributed by atoms with Crippen LogP contribution < -0.4 is 15.7 Å². The van der Waals surface area contributed by atoms with E-state index in [-0.39, 0.29) is 0 Å². The van der Waals surface area contributed by atoms with Gasteiger partial charge in [0.2, 0.25) is 0 Å². The number of para-hydroxylation sites is 1. The molecule has 3 heterocycles. The van der Waals surface area contributed by atoms with Crippen LogP contribution in [0.4, 0.5) is 0 Å². The van der Waals surface area contributed by atoms with Gasteiger partial charge in [-0.25, -0.2) is 0 Å². The van der Waals surface area contributed by atoms with Gasteiger partial charge in [-0.2, -0.15) is 0 Å². The summed E-state index contributed by atoms with van der Waals surface area (Å²) in [6.45, 7) is 0. The van der Waals surface area contributed by atoms with E-state index in [1.54, 1.807) is 0 Å². The highest BCUT2D eigenvalue weighted by atomic mass is 28.3. The van der Waals surface area contributed by atoms with E-state index in [9.17, 15) is 0 Å². The van der Waals surface area contributed by atoms with Crippen LogP contribution in [0, 0.1) is 0 Å². The Labute approximate surface area is 258 Å². The molecular formula is C40H31N3Si. The van der Waals surface area contributed by atoms with Crippen LogP contribution >= 0.6 is 0 Å². The van der Waals surface area contributed by atoms with Crippen molar-refractivity contribution in [1.82, 2.24) is 14.5 Å². The van der Waals surface area contributed by atoms with Gasteiger partial charge in [-0.3, -0.25) is 9.97 Å². The number of benzene rings is 4. The second kappa shape index (κ2) is 11.1. The minimum absolute atomic E-state index is 1.02. The van der Waals surface area contributed by atoms with Crippen molar-refractivity contribution >= 4 is 45.6 Å². The van der Waals surface area contributed by atoms with E-state index in [2.05, 4.69) is 161 Å². The Balaban J connectivity index is 1.44. The zero-order valence-corrected chi connectivity index (χ0v) is 25.3. The average molecular weight is 582 g/mol. The molecule has 0 saturated carbocycles. The van der Waals surface area contributed by atoms with Crippen LogP contribution in [0.5, 0.6) is 0 Å². The Morgan fingerprint density at radius 1 is 0.614 bits per heavy atom. The topological polar surface area (TPSA) is 30.7 Å². The quantitative estimate of drug-likeness (QED) is 0.190. The number of nitrogens with zero attached hydrogens (tertiary/aromatic N) is 3. The molecule has 3 aromatic heterocycles. The third kappa shape index (κ3) is 4.26. The lowest BCUT2D eigenvalue weighted by atomic mass is 10.1. The SMILES string of the molecule is C1=CCCC([Si](c2ccccc2)(c2ccc(-c3ccccc3)cc2)c2cc3c(cn2)c2cnccc2n3-c2ccccc2)=C1. The molecule has 1 aliphatic rings. The minimum atomic E-state index is -2.77. The Bertz CT molecular complexity index is 2150. The maximum atomic E-state index is 5.40. The fraction of sp³-hybridized carbons (Fsp3) is 0.0500. The third-order valence-electron chi connectivity index (χ3n) is 8.98. The van der Waals surface area contributed by atoms with E-state index < -0.39 is 8.07 Å². The summed E-state index contributed by atoms with van der Waals surface area (Å²) in [7, 11) is -2.77. The zero-order valence-electron chi connectivity index (χ0n) is 24.3. The average Bonchev–Trinajstić information content (AvgIpc) is 3.44. The summed E-state index contributed by atoms with van der Waals surface area (Å²) in [5.41, 5.74) is 5.88. The Morgan fingerprint density at radius 2 is 1.27 bits per heavy atom. The van der Waals surface area contributed by atoms with Crippen LogP contribution in [0.2, 0.25) is 0 Å². The smallest absolute Gasteiger partial charge is 0.198 e. The van der Waals surface area contributed by atoms with E-state index in [0.717, 1.165) is 45.7 Å². The first-order valence-electron chi connectivity index (χ1n) is 15.2.